The number of ether oxygens (including phenoxy) is 1. The van der Waals surface area contributed by atoms with Gasteiger partial charge in [-0.25, -0.2) is 0 Å². The van der Waals surface area contributed by atoms with E-state index in [0.717, 1.165) is 18.4 Å². The lowest BCUT2D eigenvalue weighted by Gasteiger charge is -2.27. The summed E-state index contributed by atoms with van der Waals surface area (Å²) < 4.78 is 5.66. The van der Waals surface area contributed by atoms with Gasteiger partial charge in [0, 0.05) is 12.6 Å². The molecule has 0 saturated carbocycles. The minimum absolute atomic E-state index is 0.562. The first kappa shape index (κ1) is 14.0. The lowest BCUT2D eigenvalue weighted by molar-refractivity contribution is 0.100. The van der Waals surface area contributed by atoms with Gasteiger partial charge in [-0.15, -0.1) is 0 Å². The van der Waals surface area contributed by atoms with Crippen molar-refractivity contribution in [2.75, 3.05) is 13.7 Å². The largest absolute Gasteiger partial charge is 0.378 e. The van der Waals surface area contributed by atoms with Crippen LogP contribution in [0.3, 0.4) is 0 Å². The second kappa shape index (κ2) is 7.29. The maximum atomic E-state index is 5.66. The summed E-state index contributed by atoms with van der Waals surface area (Å²) >= 11 is 0. The molecule has 0 aromatic rings. The van der Waals surface area contributed by atoms with Gasteiger partial charge in [0.1, 0.15) is 0 Å². The third kappa shape index (κ3) is 4.42. The lowest BCUT2D eigenvalue weighted by atomic mass is 9.87. The SMILES string of the molecule is CNC(CCCC1CCCO1)C(C)C(C)C. The Hall–Kier alpha value is -0.0800. The Kier molecular flexibility index (Phi) is 6.37. The molecule has 0 bridgehead atoms. The summed E-state index contributed by atoms with van der Waals surface area (Å²) in [5.74, 6) is 1.52. The molecule has 16 heavy (non-hydrogen) atoms. The van der Waals surface area contributed by atoms with Gasteiger partial charge in [0.2, 0.25) is 0 Å². The van der Waals surface area contributed by atoms with Gasteiger partial charge in [-0.3, -0.25) is 0 Å². The smallest absolute Gasteiger partial charge is 0.0576 e. The summed E-state index contributed by atoms with van der Waals surface area (Å²) in [6.07, 6.45) is 6.95. The van der Waals surface area contributed by atoms with Crippen molar-refractivity contribution in [3.8, 4) is 0 Å². The van der Waals surface area contributed by atoms with Gasteiger partial charge in [0.25, 0.3) is 0 Å². The van der Waals surface area contributed by atoms with Crippen LogP contribution in [0.15, 0.2) is 0 Å². The minimum atomic E-state index is 0.562. The third-order valence-electron chi connectivity index (χ3n) is 4.12. The first-order valence-electron chi connectivity index (χ1n) is 6.94. The molecule has 2 nitrogen and oxygen atoms in total. The molecular weight excluding hydrogens is 198 g/mol. The van der Waals surface area contributed by atoms with E-state index in [1.807, 2.05) is 0 Å². The minimum Gasteiger partial charge on any atom is -0.378 e. The molecule has 1 heterocycles. The van der Waals surface area contributed by atoms with E-state index >= 15 is 0 Å². The van der Waals surface area contributed by atoms with E-state index in [2.05, 4.69) is 33.1 Å². The zero-order valence-corrected chi connectivity index (χ0v) is 11.5. The van der Waals surface area contributed by atoms with Crippen molar-refractivity contribution in [3.63, 3.8) is 0 Å². The predicted octanol–water partition coefficient (Wildman–Crippen LogP) is 3.22. The van der Waals surface area contributed by atoms with Crippen LogP contribution in [0.1, 0.15) is 52.9 Å². The molecule has 3 unspecified atom stereocenters. The number of nitrogens with one attached hydrogen (secondary N) is 1. The van der Waals surface area contributed by atoms with Crippen LogP contribution < -0.4 is 5.32 Å². The van der Waals surface area contributed by atoms with Crippen molar-refractivity contribution in [1.29, 1.82) is 0 Å². The van der Waals surface area contributed by atoms with E-state index in [1.165, 1.54) is 32.1 Å². The molecule has 0 aromatic carbocycles. The topological polar surface area (TPSA) is 21.3 Å². The molecule has 0 aromatic heterocycles. The van der Waals surface area contributed by atoms with Crippen LogP contribution in [0.5, 0.6) is 0 Å². The van der Waals surface area contributed by atoms with Gasteiger partial charge in [-0.05, 0) is 51.0 Å². The Balaban J connectivity index is 2.17. The van der Waals surface area contributed by atoms with Crippen molar-refractivity contribution in [2.24, 2.45) is 11.8 Å². The lowest BCUT2D eigenvalue weighted by Crippen LogP contribution is -2.34. The van der Waals surface area contributed by atoms with Gasteiger partial charge in [-0.2, -0.15) is 0 Å². The summed E-state index contributed by atoms with van der Waals surface area (Å²) in [6, 6.07) is 0.668. The highest BCUT2D eigenvalue weighted by molar-refractivity contribution is 4.75. The van der Waals surface area contributed by atoms with E-state index in [4.69, 9.17) is 4.74 Å². The Morgan fingerprint density at radius 3 is 2.56 bits per heavy atom. The highest BCUT2D eigenvalue weighted by Crippen LogP contribution is 2.22. The molecule has 1 saturated heterocycles. The van der Waals surface area contributed by atoms with Gasteiger partial charge in [-0.1, -0.05) is 20.8 Å². The molecule has 0 amide bonds. The van der Waals surface area contributed by atoms with Gasteiger partial charge < -0.3 is 10.1 Å². The summed E-state index contributed by atoms with van der Waals surface area (Å²) in [7, 11) is 2.09. The third-order valence-corrected chi connectivity index (χ3v) is 4.12. The fourth-order valence-electron chi connectivity index (χ4n) is 2.57. The van der Waals surface area contributed by atoms with Gasteiger partial charge in [0.05, 0.1) is 6.10 Å². The van der Waals surface area contributed by atoms with Crippen LogP contribution in [-0.2, 0) is 4.74 Å². The molecule has 2 heteroatoms. The van der Waals surface area contributed by atoms with E-state index in [0.29, 0.717) is 12.1 Å². The summed E-state index contributed by atoms with van der Waals surface area (Å²) in [6.45, 7) is 7.98. The molecule has 1 N–H and O–H groups in total. The van der Waals surface area contributed by atoms with E-state index < -0.39 is 0 Å². The maximum absolute atomic E-state index is 5.66. The molecule has 1 aliphatic heterocycles. The van der Waals surface area contributed by atoms with Crippen LogP contribution in [-0.4, -0.2) is 25.8 Å². The number of hydrogen-bond acceptors (Lipinski definition) is 2. The molecule has 0 spiro atoms. The Labute approximate surface area is 101 Å². The molecule has 0 radical (unpaired) electrons. The van der Waals surface area contributed by atoms with E-state index in [9.17, 15) is 0 Å². The zero-order valence-electron chi connectivity index (χ0n) is 11.5. The summed E-state index contributed by atoms with van der Waals surface area (Å²) in [4.78, 5) is 0. The average molecular weight is 227 g/mol. The predicted molar refractivity (Wildman–Crippen MR) is 69.7 cm³/mol. The monoisotopic (exact) mass is 227 g/mol. The normalized spacial score (nSPS) is 24.9. The van der Waals surface area contributed by atoms with Crippen molar-refractivity contribution in [1.82, 2.24) is 5.32 Å². The summed E-state index contributed by atoms with van der Waals surface area (Å²) in [5.41, 5.74) is 0. The standard InChI is InChI=1S/C14H29NO/c1-11(2)12(3)14(15-4)9-5-7-13-8-6-10-16-13/h11-15H,5-10H2,1-4H3. The molecule has 1 aliphatic rings. The Bertz CT molecular complexity index is 176. The van der Waals surface area contributed by atoms with Crippen LogP contribution in [0.2, 0.25) is 0 Å². The Morgan fingerprint density at radius 1 is 1.31 bits per heavy atom. The molecule has 0 aliphatic carbocycles. The van der Waals surface area contributed by atoms with Crippen molar-refractivity contribution in [2.45, 2.75) is 65.0 Å². The van der Waals surface area contributed by atoms with Crippen LogP contribution in [0.4, 0.5) is 0 Å². The maximum Gasteiger partial charge on any atom is 0.0576 e. The number of rotatable bonds is 7. The first-order chi connectivity index (χ1) is 7.65. The Morgan fingerprint density at radius 2 is 2.06 bits per heavy atom. The quantitative estimate of drug-likeness (QED) is 0.721. The second-order valence-electron chi connectivity index (χ2n) is 5.56. The molecule has 96 valence electrons. The van der Waals surface area contributed by atoms with Crippen LogP contribution in [0, 0.1) is 11.8 Å². The average Bonchev–Trinajstić information content (AvgIpc) is 2.76. The van der Waals surface area contributed by atoms with Gasteiger partial charge >= 0.3 is 0 Å². The van der Waals surface area contributed by atoms with Crippen LogP contribution in [0.25, 0.3) is 0 Å². The molecule has 1 fully saturated rings. The highest BCUT2D eigenvalue weighted by atomic mass is 16.5. The van der Waals surface area contributed by atoms with E-state index in [1.54, 1.807) is 0 Å². The van der Waals surface area contributed by atoms with E-state index in [-0.39, 0.29) is 0 Å². The first-order valence-corrected chi connectivity index (χ1v) is 6.94. The van der Waals surface area contributed by atoms with Gasteiger partial charge in [0.15, 0.2) is 0 Å². The fraction of sp³-hybridized carbons (Fsp3) is 1.00. The fourth-order valence-corrected chi connectivity index (χ4v) is 2.57. The van der Waals surface area contributed by atoms with Crippen molar-refractivity contribution in [3.05, 3.63) is 0 Å². The second-order valence-corrected chi connectivity index (χ2v) is 5.56. The van der Waals surface area contributed by atoms with Crippen molar-refractivity contribution >= 4 is 0 Å². The summed E-state index contributed by atoms with van der Waals surface area (Å²) in [5, 5.41) is 3.47. The molecule has 3 atom stereocenters. The van der Waals surface area contributed by atoms with Crippen LogP contribution >= 0.6 is 0 Å². The number of hydrogen-bond donors (Lipinski definition) is 1. The zero-order chi connectivity index (χ0) is 12.0. The molecule has 1 rings (SSSR count). The highest BCUT2D eigenvalue weighted by Gasteiger charge is 2.20. The molecular formula is C14H29NO. The van der Waals surface area contributed by atoms with Crippen molar-refractivity contribution < 1.29 is 4.74 Å².